The van der Waals surface area contributed by atoms with Crippen LogP contribution in [0.1, 0.15) is 53.6 Å². The van der Waals surface area contributed by atoms with Crippen molar-refractivity contribution >= 4 is 29.0 Å². The lowest BCUT2D eigenvalue weighted by atomic mass is 9.88. The van der Waals surface area contributed by atoms with Crippen molar-refractivity contribution in [2.45, 2.75) is 44.7 Å². The summed E-state index contributed by atoms with van der Waals surface area (Å²) >= 11 is 6.00. The quantitative estimate of drug-likeness (QED) is 0.698. The third-order valence-electron chi connectivity index (χ3n) is 5.68. The Morgan fingerprint density at radius 2 is 1.82 bits per heavy atom. The highest BCUT2D eigenvalue weighted by atomic mass is 35.5. The van der Waals surface area contributed by atoms with E-state index in [1.807, 2.05) is 43.3 Å². The molecule has 0 N–H and O–H groups in total. The third-order valence-corrected chi connectivity index (χ3v) is 5.94. The Bertz CT molecular complexity index is 943. The number of carbonyl (C=O) groups excluding carboxylic acids is 2. The highest BCUT2D eigenvalue weighted by Crippen LogP contribution is 2.39. The molecule has 0 saturated heterocycles. The molecule has 4 nitrogen and oxygen atoms in total. The van der Waals surface area contributed by atoms with E-state index in [1.165, 1.54) is 0 Å². The maximum absolute atomic E-state index is 13.3. The average molecular weight is 395 g/mol. The van der Waals surface area contributed by atoms with Gasteiger partial charge in [-0.2, -0.15) is 0 Å². The number of nitrogens with zero attached hydrogens (tertiary/aromatic N) is 2. The first-order valence-electron chi connectivity index (χ1n) is 9.76. The van der Waals surface area contributed by atoms with Crippen LogP contribution in [0.3, 0.4) is 0 Å². The van der Waals surface area contributed by atoms with Gasteiger partial charge in [0.1, 0.15) is 11.4 Å². The van der Waals surface area contributed by atoms with Crippen molar-refractivity contribution in [1.29, 1.82) is 0 Å². The van der Waals surface area contributed by atoms with E-state index in [2.05, 4.69) is 0 Å². The van der Waals surface area contributed by atoms with Crippen molar-refractivity contribution in [2.75, 3.05) is 6.54 Å². The molecule has 28 heavy (non-hydrogen) atoms. The Kier molecular flexibility index (Phi) is 5.07. The van der Waals surface area contributed by atoms with Gasteiger partial charge in [-0.1, -0.05) is 53.9 Å². The molecule has 1 aliphatic carbocycles. The number of hydrogen-bond acceptors (Lipinski definition) is 3. The van der Waals surface area contributed by atoms with Gasteiger partial charge in [-0.05, 0) is 50.8 Å². The zero-order valence-corrected chi connectivity index (χ0v) is 16.7. The van der Waals surface area contributed by atoms with Crippen LogP contribution in [-0.2, 0) is 4.79 Å². The van der Waals surface area contributed by atoms with Gasteiger partial charge in [0, 0.05) is 16.1 Å². The standard InChI is InChI=1S/C23H23ClN2O2/c1-16-6-5-7-18(14-16)20(27)15-26-22(28)21(17-8-10-19(24)11-9-17)25-23(26)12-3-2-4-13-23/h5-11,14H,2-4,12-13,15H2,1H3. The molecule has 1 amide bonds. The number of amides is 1. The van der Waals surface area contributed by atoms with Crippen LogP contribution in [0.2, 0.25) is 5.02 Å². The van der Waals surface area contributed by atoms with Crippen molar-refractivity contribution in [3.05, 3.63) is 70.2 Å². The first-order chi connectivity index (χ1) is 13.5. The fraction of sp³-hybridized carbons (Fsp3) is 0.348. The van der Waals surface area contributed by atoms with E-state index in [0.29, 0.717) is 16.3 Å². The predicted octanol–water partition coefficient (Wildman–Crippen LogP) is 4.82. The second kappa shape index (κ2) is 7.51. The molecular formula is C23H23ClN2O2. The summed E-state index contributed by atoms with van der Waals surface area (Å²) in [4.78, 5) is 32.9. The van der Waals surface area contributed by atoms with Crippen LogP contribution < -0.4 is 0 Å². The van der Waals surface area contributed by atoms with Gasteiger partial charge in [0.15, 0.2) is 5.78 Å². The van der Waals surface area contributed by atoms with E-state index < -0.39 is 5.66 Å². The van der Waals surface area contributed by atoms with Crippen LogP contribution in [0.25, 0.3) is 0 Å². The van der Waals surface area contributed by atoms with Gasteiger partial charge in [0.2, 0.25) is 0 Å². The molecule has 2 aromatic rings. The summed E-state index contributed by atoms with van der Waals surface area (Å²) in [5, 5.41) is 0.619. The van der Waals surface area contributed by atoms with E-state index in [0.717, 1.165) is 43.2 Å². The number of ketones is 1. The number of halogens is 1. The van der Waals surface area contributed by atoms with E-state index in [9.17, 15) is 9.59 Å². The molecule has 0 atom stereocenters. The van der Waals surface area contributed by atoms with Gasteiger partial charge in [-0.25, -0.2) is 0 Å². The van der Waals surface area contributed by atoms with Gasteiger partial charge in [-0.3, -0.25) is 14.6 Å². The van der Waals surface area contributed by atoms with Gasteiger partial charge < -0.3 is 4.90 Å². The number of aliphatic imine (C=N–C) groups is 1. The fourth-order valence-corrected chi connectivity index (χ4v) is 4.33. The minimum Gasteiger partial charge on any atom is -0.305 e. The lowest BCUT2D eigenvalue weighted by Crippen LogP contribution is -2.50. The fourth-order valence-electron chi connectivity index (χ4n) is 4.20. The molecule has 0 radical (unpaired) electrons. The van der Waals surface area contributed by atoms with Crippen LogP contribution in [0, 0.1) is 6.92 Å². The maximum Gasteiger partial charge on any atom is 0.275 e. The highest BCUT2D eigenvalue weighted by Gasteiger charge is 2.48. The van der Waals surface area contributed by atoms with Crippen LogP contribution in [0.15, 0.2) is 53.5 Å². The minimum absolute atomic E-state index is 0.0467. The van der Waals surface area contributed by atoms with Crippen molar-refractivity contribution in [3.8, 4) is 0 Å². The molecule has 144 valence electrons. The Morgan fingerprint density at radius 3 is 2.50 bits per heavy atom. The highest BCUT2D eigenvalue weighted by molar-refractivity contribution is 6.47. The summed E-state index contributed by atoms with van der Waals surface area (Å²) in [6.45, 7) is 2.02. The van der Waals surface area contributed by atoms with Crippen molar-refractivity contribution in [2.24, 2.45) is 4.99 Å². The molecule has 5 heteroatoms. The zero-order valence-electron chi connectivity index (χ0n) is 16.0. The molecule has 4 rings (SSSR count). The van der Waals surface area contributed by atoms with E-state index in [1.54, 1.807) is 17.0 Å². The maximum atomic E-state index is 13.3. The normalized spacial score (nSPS) is 18.4. The summed E-state index contributed by atoms with van der Waals surface area (Å²) in [5.74, 6) is -0.209. The first kappa shape index (κ1) is 18.9. The summed E-state index contributed by atoms with van der Waals surface area (Å²) < 4.78 is 0. The van der Waals surface area contributed by atoms with Crippen LogP contribution in [0.5, 0.6) is 0 Å². The molecule has 0 bridgehead atoms. The van der Waals surface area contributed by atoms with E-state index in [4.69, 9.17) is 16.6 Å². The van der Waals surface area contributed by atoms with Crippen LogP contribution >= 0.6 is 11.6 Å². The smallest absolute Gasteiger partial charge is 0.275 e. The monoisotopic (exact) mass is 394 g/mol. The SMILES string of the molecule is Cc1cccc(C(=O)CN2C(=O)C(c3ccc(Cl)cc3)=NC23CCCCC3)c1. The van der Waals surface area contributed by atoms with Crippen molar-refractivity contribution in [3.63, 3.8) is 0 Å². The Morgan fingerprint density at radius 1 is 1.11 bits per heavy atom. The van der Waals surface area contributed by atoms with Crippen molar-refractivity contribution in [1.82, 2.24) is 4.90 Å². The summed E-state index contributed by atoms with van der Waals surface area (Å²) in [7, 11) is 0. The molecule has 1 spiro atoms. The van der Waals surface area contributed by atoms with Gasteiger partial charge in [-0.15, -0.1) is 0 Å². The third kappa shape index (κ3) is 3.49. The van der Waals surface area contributed by atoms with Gasteiger partial charge in [0.25, 0.3) is 5.91 Å². The Labute approximate surface area is 170 Å². The zero-order chi connectivity index (χ0) is 19.7. The molecule has 2 aliphatic rings. The number of Topliss-reactive ketones (excluding diaryl/α,β-unsaturated/α-hetero) is 1. The lowest BCUT2D eigenvalue weighted by Gasteiger charge is -2.38. The topological polar surface area (TPSA) is 49.7 Å². The molecular weight excluding hydrogens is 372 g/mol. The minimum atomic E-state index is -0.593. The van der Waals surface area contributed by atoms with Crippen LogP contribution in [-0.4, -0.2) is 34.5 Å². The van der Waals surface area contributed by atoms with Crippen LogP contribution in [0.4, 0.5) is 0 Å². The second-order valence-corrected chi connectivity index (χ2v) is 8.13. The average Bonchev–Trinajstić information content (AvgIpc) is 2.95. The summed E-state index contributed by atoms with van der Waals surface area (Å²) in [6, 6.07) is 14.7. The lowest BCUT2D eigenvalue weighted by molar-refractivity contribution is -0.128. The molecule has 0 unspecified atom stereocenters. The van der Waals surface area contributed by atoms with E-state index >= 15 is 0 Å². The molecule has 1 aliphatic heterocycles. The molecule has 0 aromatic heterocycles. The Hall–Kier alpha value is -2.46. The Balaban J connectivity index is 1.66. The molecule has 1 heterocycles. The first-order valence-corrected chi connectivity index (χ1v) is 10.1. The number of aryl methyl sites for hydroxylation is 1. The van der Waals surface area contributed by atoms with Gasteiger partial charge >= 0.3 is 0 Å². The second-order valence-electron chi connectivity index (χ2n) is 7.69. The molecule has 1 saturated carbocycles. The number of benzene rings is 2. The number of carbonyl (C=O) groups is 2. The summed E-state index contributed by atoms with van der Waals surface area (Å²) in [6.07, 6.45) is 4.77. The van der Waals surface area contributed by atoms with Gasteiger partial charge in [0.05, 0.1) is 6.54 Å². The number of rotatable bonds is 4. The predicted molar refractivity (Wildman–Crippen MR) is 111 cm³/mol. The molecule has 2 aromatic carbocycles. The van der Waals surface area contributed by atoms with E-state index in [-0.39, 0.29) is 18.2 Å². The summed E-state index contributed by atoms with van der Waals surface area (Å²) in [5.41, 5.74) is 2.27. The molecule has 1 fully saturated rings. The largest absolute Gasteiger partial charge is 0.305 e. The van der Waals surface area contributed by atoms with Crippen molar-refractivity contribution < 1.29 is 9.59 Å². The number of hydrogen-bond donors (Lipinski definition) is 0.